The molecule has 0 bridgehead atoms. The highest BCUT2D eigenvalue weighted by atomic mass is 79.9. The van der Waals surface area contributed by atoms with Gasteiger partial charge >= 0.3 is 0 Å². The summed E-state index contributed by atoms with van der Waals surface area (Å²) >= 11 is 3.58. The van der Waals surface area contributed by atoms with Crippen LogP contribution in [0.1, 0.15) is 70.4 Å². The number of hydrogen-bond donors (Lipinski definition) is 1. The molecule has 0 unspecified atom stereocenters. The molecule has 3 aliphatic rings. The fourth-order valence-electron chi connectivity index (χ4n) is 5.85. The fourth-order valence-corrected chi connectivity index (χ4v) is 6.23. The smallest absolute Gasteiger partial charge is 0.162 e. The number of nitrogens with one attached hydrogen (secondary N) is 1. The summed E-state index contributed by atoms with van der Waals surface area (Å²) in [6.07, 6.45) is 2.31. The lowest BCUT2D eigenvalue weighted by Gasteiger charge is -2.44. The van der Waals surface area contributed by atoms with Crippen molar-refractivity contribution < 1.29 is 18.7 Å². The zero-order valence-corrected chi connectivity index (χ0v) is 22.7. The molecule has 0 saturated heterocycles. The topological polar surface area (TPSA) is 55.4 Å². The quantitative estimate of drug-likeness (QED) is 0.438. The zero-order valence-electron chi connectivity index (χ0n) is 21.1. The van der Waals surface area contributed by atoms with E-state index in [9.17, 15) is 14.0 Å². The molecule has 0 amide bonds. The van der Waals surface area contributed by atoms with Crippen LogP contribution >= 0.6 is 15.9 Å². The Bertz CT molecular complexity index is 1290. The van der Waals surface area contributed by atoms with E-state index in [1.807, 2.05) is 18.2 Å². The highest BCUT2D eigenvalue weighted by Gasteiger charge is 2.47. The summed E-state index contributed by atoms with van der Waals surface area (Å²) in [6, 6.07) is 12.2. The first-order valence-corrected chi connectivity index (χ1v) is 13.2. The molecule has 4 nitrogen and oxygen atoms in total. The number of ether oxygens (including phenoxy) is 1. The molecule has 0 atom stereocenters. The zero-order chi connectivity index (χ0) is 25.8. The molecule has 0 radical (unpaired) electrons. The van der Waals surface area contributed by atoms with Crippen LogP contribution in [0.3, 0.4) is 0 Å². The predicted octanol–water partition coefficient (Wildman–Crippen LogP) is 7.14. The Labute approximate surface area is 220 Å². The van der Waals surface area contributed by atoms with Crippen molar-refractivity contribution in [1.29, 1.82) is 0 Å². The lowest BCUT2D eigenvalue weighted by Crippen LogP contribution is -2.42. The third-order valence-corrected chi connectivity index (χ3v) is 7.84. The maximum Gasteiger partial charge on any atom is 0.162 e. The van der Waals surface area contributed by atoms with Gasteiger partial charge in [-0.05, 0) is 47.9 Å². The maximum atomic E-state index is 14.3. The van der Waals surface area contributed by atoms with E-state index in [0.717, 1.165) is 34.3 Å². The van der Waals surface area contributed by atoms with Gasteiger partial charge in [-0.25, -0.2) is 4.39 Å². The van der Waals surface area contributed by atoms with Gasteiger partial charge in [-0.2, -0.15) is 0 Å². The molecule has 2 aromatic carbocycles. The van der Waals surface area contributed by atoms with Crippen LogP contribution in [0.4, 0.5) is 4.39 Å². The van der Waals surface area contributed by atoms with Crippen LogP contribution in [0.15, 0.2) is 69.5 Å². The molecule has 0 fully saturated rings. The molecule has 0 spiro atoms. The summed E-state index contributed by atoms with van der Waals surface area (Å²) in [5, 5.41) is 3.54. The van der Waals surface area contributed by atoms with Crippen molar-refractivity contribution in [3.63, 3.8) is 0 Å². The van der Waals surface area contributed by atoms with Gasteiger partial charge in [0.1, 0.15) is 18.2 Å². The molecule has 2 aromatic rings. The minimum atomic E-state index is -0.517. The fraction of sp³-hybridized carbons (Fsp3) is 0.400. The molecular weight excluding hydrogens is 521 g/mol. The van der Waals surface area contributed by atoms with Gasteiger partial charge in [-0.3, -0.25) is 9.59 Å². The molecule has 0 saturated carbocycles. The van der Waals surface area contributed by atoms with Crippen molar-refractivity contribution in [2.45, 2.75) is 65.9 Å². The number of benzene rings is 2. The molecule has 6 heteroatoms. The van der Waals surface area contributed by atoms with E-state index < -0.39 is 5.92 Å². The minimum Gasteiger partial charge on any atom is -0.488 e. The van der Waals surface area contributed by atoms with E-state index in [1.54, 1.807) is 18.2 Å². The Morgan fingerprint density at radius 3 is 2.08 bits per heavy atom. The second kappa shape index (κ2) is 8.98. The molecule has 5 rings (SSSR count). The summed E-state index contributed by atoms with van der Waals surface area (Å²) in [4.78, 5) is 27.2. The van der Waals surface area contributed by atoms with Crippen molar-refractivity contribution in [1.82, 2.24) is 5.32 Å². The normalized spacial score (nSPS) is 21.2. The van der Waals surface area contributed by atoms with Crippen LogP contribution in [0, 0.1) is 16.6 Å². The van der Waals surface area contributed by atoms with Crippen LogP contribution in [0.25, 0.3) is 0 Å². The van der Waals surface area contributed by atoms with Crippen molar-refractivity contribution >= 4 is 27.5 Å². The molecule has 1 aliphatic heterocycles. The monoisotopic (exact) mass is 551 g/mol. The lowest BCUT2D eigenvalue weighted by atomic mass is 9.64. The van der Waals surface area contributed by atoms with E-state index in [-0.39, 0.29) is 34.8 Å². The third-order valence-electron chi connectivity index (χ3n) is 7.34. The molecule has 1 N–H and O–H groups in total. The molecule has 36 heavy (non-hydrogen) atoms. The predicted molar refractivity (Wildman–Crippen MR) is 141 cm³/mol. The Morgan fingerprint density at radius 2 is 1.50 bits per heavy atom. The second-order valence-corrected chi connectivity index (χ2v) is 12.7. The Hall–Kier alpha value is -2.73. The van der Waals surface area contributed by atoms with Gasteiger partial charge in [0, 0.05) is 56.9 Å². The highest BCUT2D eigenvalue weighted by molar-refractivity contribution is 9.10. The largest absolute Gasteiger partial charge is 0.488 e. The Kier molecular flexibility index (Phi) is 6.22. The van der Waals surface area contributed by atoms with Crippen LogP contribution in [-0.2, 0) is 16.2 Å². The standard InChI is InChI=1S/C30H31BrFNO3/c1-29(2)12-21-27(23(34)14-29)26(28-22(33-21)13-30(3,4)15-24(28)35)19-11-18(31)9-10-25(19)36-16-17-7-5-6-8-20(17)32/h5-11,26,33H,12-16H2,1-4H3. The van der Waals surface area contributed by atoms with Crippen LogP contribution < -0.4 is 10.1 Å². The average molecular weight is 552 g/mol. The number of halogens is 2. The number of carbonyl (C=O) groups is 2. The van der Waals surface area contributed by atoms with E-state index >= 15 is 0 Å². The number of allylic oxidation sites excluding steroid dienone is 4. The van der Waals surface area contributed by atoms with Gasteiger partial charge in [0.25, 0.3) is 0 Å². The van der Waals surface area contributed by atoms with Crippen LogP contribution in [0.2, 0.25) is 0 Å². The van der Waals surface area contributed by atoms with Gasteiger partial charge in [0.2, 0.25) is 0 Å². The maximum absolute atomic E-state index is 14.3. The van der Waals surface area contributed by atoms with Gasteiger partial charge in [0.05, 0.1) is 0 Å². The summed E-state index contributed by atoms with van der Waals surface area (Å²) < 4.78 is 21.3. The summed E-state index contributed by atoms with van der Waals surface area (Å²) in [6.45, 7) is 8.47. The van der Waals surface area contributed by atoms with E-state index in [2.05, 4.69) is 48.9 Å². The number of rotatable bonds is 4. The summed E-state index contributed by atoms with van der Waals surface area (Å²) in [5.41, 5.74) is 4.01. The Balaban J connectivity index is 1.65. The van der Waals surface area contributed by atoms with Crippen molar-refractivity contribution in [3.8, 4) is 5.75 Å². The first kappa shape index (κ1) is 24.9. The van der Waals surface area contributed by atoms with Crippen molar-refractivity contribution in [2.75, 3.05) is 0 Å². The molecule has 1 heterocycles. The van der Waals surface area contributed by atoms with Gasteiger partial charge in [-0.15, -0.1) is 0 Å². The van der Waals surface area contributed by atoms with Gasteiger partial charge in [0.15, 0.2) is 11.6 Å². The van der Waals surface area contributed by atoms with Gasteiger partial charge in [-0.1, -0.05) is 61.8 Å². The first-order valence-electron chi connectivity index (χ1n) is 12.4. The van der Waals surface area contributed by atoms with Crippen LogP contribution in [-0.4, -0.2) is 11.6 Å². The third kappa shape index (κ3) is 4.68. The highest BCUT2D eigenvalue weighted by Crippen LogP contribution is 2.52. The lowest BCUT2D eigenvalue weighted by molar-refractivity contribution is -0.119. The van der Waals surface area contributed by atoms with Crippen molar-refractivity contribution in [2.24, 2.45) is 10.8 Å². The second-order valence-electron chi connectivity index (χ2n) is 11.8. The van der Waals surface area contributed by atoms with E-state index in [4.69, 9.17) is 4.74 Å². The minimum absolute atomic E-state index is 0.0477. The molecule has 188 valence electrons. The number of hydrogen-bond acceptors (Lipinski definition) is 4. The number of dihydropyridines is 1. The van der Waals surface area contributed by atoms with Crippen molar-refractivity contribution in [3.05, 3.63) is 86.4 Å². The molecular formula is C30H31BrFNO3. The number of Topliss-reactive ketones (excluding diaryl/α,β-unsaturated/α-hetero) is 2. The SMILES string of the molecule is CC1(C)CC(=O)C2=C(C1)NC1=C(C(=O)CC(C)(C)C1)C2c1cc(Br)ccc1OCc1ccccc1F. The first-order chi connectivity index (χ1) is 16.9. The Morgan fingerprint density at radius 1 is 0.917 bits per heavy atom. The molecule has 0 aromatic heterocycles. The number of carbonyl (C=O) groups excluding carboxylic acids is 2. The van der Waals surface area contributed by atoms with Crippen LogP contribution in [0.5, 0.6) is 5.75 Å². The summed E-state index contributed by atoms with van der Waals surface area (Å²) in [5.74, 6) is -0.188. The molecule has 2 aliphatic carbocycles. The van der Waals surface area contributed by atoms with Gasteiger partial charge < -0.3 is 10.1 Å². The van der Waals surface area contributed by atoms with E-state index in [1.165, 1.54) is 6.07 Å². The van der Waals surface area contributed by atoms with E-state index in [0.29, 0.717) is 35.3 Å². The summed E-state index contributed by atoms with van der Waals surface area (Å²) in [7, 11) is 0. The number of ketones is 2. The average Bonchev–Trinajstić information content (AvgIpc) is 2.76.